The molecule has 0 N–H and O–H groups in total. The number of carbonyl (C=O) groups excluding carboxylic acids is 1. The third-order valence-electron chi connectivity index (χ3n) is 4.14. The van der Waals surface area contributed by atoms with Gasteiger partial charge < -0.3 is 9.15 Å². The maximum atomic E-state index is 13.6. The van der Waals surface area contributed by atoms with Gasteiger partial charge in [0, 0.05) is 5.56 Å². The Labute approximate surface area is 178 Å². The number of aromatic nitrogens is 1. The molecule has 9 nitrogen and oxygen atoms in total. The number of furan rings is 1. The molecule has 0 aliphatic rings. The molecule has 4 rings (SSSR count). The summed E-state index contributed by atoms with van der Waals surface area (Å²) in [5.41, 5.74) is 0.798. The molecule has 0 fully saturated rings. The number of methoxy groups -OCH3 is 1. The molecule has 11 heteroatoms. The van der Waals surface area contributed by atoms with E-state index in [0.29, 0.717) is 21.5 Å². The molecule has 0 atom stereocenters. The van der Waals surface area contributed by atoms with Crippen molar-refractivity contribution in [2.75, 3.05) is 12.1 Å². The Balaban J connectivity index is 1.73. The standard InChI is InChI=1S/C20H13FN4O5S/c1-29-14-5-2-12(3-6-14)19(26)24(22-11-15-7-9-18(30-15)25(27)28)20-23-16-8-4-13(21)10-17(16)31-20/h2-11H,1H3/b22-11+. The second kappa shape index (κ2) is 8.32. The van der Waals surface area contributed by atoms with E-state index in [4.69, 9.17) is 9.15 Å². The monoisotopic (exact) mass is 440 g/mol. The lowest BCUT2D eigenvalue weighted by Crippen LogP contribution is -2.25. The fourth-order valence-electron chi connectivity index (χ4n) is 2.65. The number of nitrogens with zero attached hydrogens (tertiary/aromatic N) is 4. The van der Waals surface area contributed by atoms with E-state index in [1.165, 1.54) is 43.7 Å². The first-order valence-electron chi connectivity index (χ1n) is 8.77. The molecule has 0 saturated heterocycles. The summed E-state index contributed by atoms with van der Waals surface area (Å²) in [5, 5.41) is 16.2. The lowest BCUT2D eigenvalue weighted by molar-refractivity contribution is -0.402. The van der Waals surface area contributed by atoms with Gasteiger partial charge in [-0.2, -0.15) is 10.1 Å². The smallest absolute Gasteiger partial charge is 0.433 e. The number of anilines is 1. The summed E-state index contributed by atoms with van der Waals surface area (Å²) in [7, 11) is 1.51. The average Bonchev–Trinajstić information content (AvgIpc) is 3.41. The molecule has 0 spiro atoms. The van der Waals surface area contributed by atoms with E-state index in [9.17, 15) is 19.3 Å². The molecule has 2 aromatic carbocycles. The molecular formula is C20H13FN4O5S. The maximum absolute atomic E-state index is 13.6. The van der Waals surface area contributed by atoms with Crippen molar-refractivity contribution in [3.05, 3.63) is 81.9 Å². The van der Waals surface area contributed by atoms with Crippen LogP contribution < -0.4 is 9.75 Å². The van der Waals surface area contributed by atoms with E-state index < -0.39 is 22.5 Å². The predicted octanol–water partition coefficient (Wildman–Crippen LogP) is 4.63. The third-order valence-corrected chi connectivity index (χ3v) is 5.14. The number of fused-ring (bicyclic) bond motifs is 1. The minimum atomic E-state index is -0.681. The number of ether oxygens (including phenoxy) is 1. The van der Waals surface area contributed by atoms with E-state index in [0.717, 1.165) is 16.3 Å². The van der Waals surface area contributed by atoms with Gasteiger partial charge in [0.2, 0.25) is 5.13 Å². The highest BCUT2D eigenvalue weighted by Crippen LogP contribution is 2.31. The SMILES string of the molecule is COc1ccc(C(=O)N(/N=C/c2ccc([N+](=O)[O-])o2)c2nc3ccc(F)cc3s2)cc1. The summed E-state index contributed by atoms with van der Waals surface area (Å²) < 4.78 is 24.3. The third kappa shape index (κ3) is 4.26. The molecule has 1 amide bonds. The van der Waals surface area contributed by atoms with Crippen molar-refractivity contribution >= 4 is 44.7 Å². The van der Waals surface area contributed by atoms with Crippen molar-refractivity contribution in [3.63, 3.8) is 0 Å². The van der Waals surface area contributed by atoms with E-state index in [2.05, 4.69) is 10.1 Å². The number of hydrogen-bond donors (Lipinski definition) is 0. The van der Waals surface area contributed by atoms with Gasteiger partial charge in [0.05, 0.1) is 29.6 Å². The van der Waals surface area contributed by atoms with Crippen LogP contribution in [0.25, 0.3) is 10.2 Å². The highest BCUT2D eigenvalue weighted by Gasteiger charge is 2.22. The van der Waals surface area contributed by atoms with Crippen molar-refractivity contribution in [2.24, 2.45) is 5.10 Å². The van der Waals surface area contributed by atoms with Crippen molar-refractivity contribution in [3.8, 4) is 5.75 Å². The lowest BCUT2D eigenvalue weighted by Gasteiger charge is -2.13. The number of hydrazone groups is 1. The Morgan fingerprint density at radius 1 is 1.26 bits per heavy atom. The molecule has 2 aromatic heterocycles. The molecule has 0 radical (unpaired) electrons. The molecule has 0 aliphatic carbocycles. The van der Waals surface area contributed by atoms with Crippen molar-refractivity contribution in [1.82, 2.24) is 4.98 Å². The molecule has 4 aromatic rings. The number of benzene rings is 2. The average molecular weight is 440 g/mol. The van der Waals surface area contributed by atoms with Crippen LogP contribution in [-0.4, -0.2) is 29.1 Å². The molecule has 2 heterocycles. The zero-order valence-corrected chi connectivity index (χ0v) is 16.7. The Hall–Kier alpha value is -4.12. The molecule has 0 aliphatic heterocycles. The van der Waals surface area contributed by atoms with Crippen molar-refractivity contribution in [2.45, 2.75) is 0 Å². The Morgan fingerprint density at radius 3 is 2.71 bits per heavy atom. The number of hydrogen-bond acceptors (Lipinski definition) is 8. The molecule has 0 unspecified atom stereocenters. The van der Waals surface area contributed by atoms with Gasteiger partial charge in [-0.1, -0.05) is 11.3 Å². The van der Waals surface area contributed by atoms with E-state index >= 15 is 0 Å². The second-order valence-electron chi connectivity index (χ2n) is 6.13. The molecular weight excluding hydrogens is 427 g/mol. The first-order chi connectivity index (χ1) is 14.9. The van der Waals surface area contributed by atoms with Crippen LogP contribution >= 0.6 is 11.3 Å². The number of nitro groups is 1. The van der Waals surface area contributed by atoms with Gasteiger partial charge in [-0.05, 0) is 48.5 Å². The largest absolute Gasteiger partial charge is 0.497 e. The fraction of sp³-hybridized carbons (Fsp3) is 0.0500. The Kier molecular flexibility index (Phi) is 5.41. The highest BCUT2D eigenvalue weighted by molar-refractivity contribution is 7.22. The van der Waals surface area contributed by atoms with Crippen molar-refractivity contribution in [1.29, 1.82) is 0 Å². The summed E-state index contributed by atoms with van der Waals surface area (Å²) in [6, 6.07) is 13.0. The maximum Gasteiger partial charge on any atom is 0.433 e. The summed E-state index contributed by atoms with van der Waals surface area (Å²) in [4.78, 5) is 27.6. The van der Waals surface area contributed by atoms with Crippen LogP contribution in [0.2, 0.25) is 0 Å². The van der Waals surface area contributed by atoms with Crippen LogP contribution in [0.4, 0.5) is 15.4 Å². The normalized spacial score (nSPS) is 11.2. The summed E-state index contributed by atoms with van der Waals surface area (Å²) >= 11 is 1.07. The van der Waals surface area contributed by atoms with Gasteiger partial charge in [0.1, 0.15) is 16.5 Å². The fourth-order valence-corrected chi connectivity index (χ4v) is 3.59. The number of amides is 1. The summed E-state index contributed by atoms with van der Waals surface area (Å²) in [6.45, 7) is 0. The van der Waals surface area contributed by atoms with Crippen molar-refractivity contribution < 1.29 is 23.3 Å². The van der Waals surface area contributed by atoms with Crippen LogP contribution in [0.3, 0.4) is 0 Å². The Morgan fingerprint density at radius 2 is 2.03 bits per heavy atom. The molecule has 156 valence electrons. The number of carbonyl (C=O) groups is 1. The van der Waals surface area contributed by atoms with Crippen LogP contribution in [0, 0.1) is 15.9 Å². The first kappa shape index (κ1) is 20.2. The minimum Gasteiger partial charge on any atom is -0.497 e. The van der Waals surface area contributed by atoms with Crippen LogP contribution in [0.15, 0.2) is 64.1 Å². The van der Waals surface area contributed by atoms with Gasteiger partial charge in [0.15, 0.2) is 5.76 Å². The van der Waals surface area contributed by atoms with E-state index in [-0.39, 0.29) is 10.9 Å². The highest BCUT2D eigenvalue weighted by atomic mass is 32.1. The number of thiazole rings is 1. The minimum absolute atomic E-state index is 0.0754. The van der Waals surface area contributed by atoms with Crippen LogP contribution in [0.5, 0.6) is 5.75 Å². The van der Waals surface area contributed by atoms with Gasteiger partial charge in [-0.25, -0.2) is 9.37 Å². The van der Waals surface area contributed by atoms with Crippen LogP contribution in [0.1, 0.15) is 16.1 Å². The Bertz CT molecular complexity index is 1300. The van der Waals surface area contributed by atoms with Crippen LogP contribution in [-0.2, 0) is 0 Å². The van der Waals surface area contributed by atoms with Gasteiger partial charge in [0.25, 0.3) is 5.91 Å². The second-order valence-corrected chi connectivity index (χ2v) is 7.14. The summed E-state index contributed by atoms with van der Waals surface area (Å²) in [6.07, 6.45) is 1.17. The number of rotatable bonds is 6. The van der Waals surface area contributed by atoms with E-state index in [1.807, 2.05) is 0 Å². The predicted molar refractivity (Wildman–Crippen MR) is 112 cm³/mol. The molecule has 0 saturated carbocycles. The number of halogens is 1. The topological polar surface area (TPSA) is 111 Å². The molecule has 0 bridgehead atoms. The lowest BCUT2D eigenvalue weighted by atomic mass is 10.2. The zero-order valence-electron chi connectivity index (χ0n) is 15.9. The summed E-state index contributed by atoms with van der Waals surface area (Å²) in [5.74, 6) is -0.747. The van der Waals surface area contributed by atoms with Gasteiger partial charge >= 0.3 is 5.88 Å². The van der Waals surface area contributed by atoms with Gasteiger partial charge in [-0.15, -0.1) is 0 Å². The van der Waals surface area contributed by atoms with Gasteiger partial charge in [-0.3, -0.25) is 14.9 Å². The zero-order chi connectivity index (χ0) is 22.0. The van der Waals surface area contributed by atoms with E-state index in [1.54, 1.807) is 24.3 Å². The molecule has 31 heavy (non-hydrogen) atoms. The quantitative estimate of drug-likeness (QED) is 0.246. The first-order valence-corrected chi connectivity index (χ1v) is 9.59.